The number of nitro groups is 1. The maximum atomic E-state index is 12.9. The molecule has 1 aliphatic rings. The second-order valence-corrected chi connectivity index (χ2v) is 10.2. The summed E-state index contributed by atoms with van der Waals surface area (Å²) in [4.78, 5) is 41.9. The van der Waals surface area contributed by atoms with Gasteiger partial charge in [0.2, 0.25) is 0 Å². The van der Waals surface area contributed by atoms with Crippen LogP contribution in [0.25, 0.3) is 6.08 Å². The van der Waals surface area contributed by atoms with Crippen LogP contribution in [0, 0.1) is 10.1 Å². The number of aliphatic imine (C=N–C) groups is 1. The van der Waals surface area contributed by atoms with E-state index in [0.717, 1.165) is 0 Å². The van der Waals surface area contributed by atoms with Crippen molar-refractivity contribution in [1.82, 2.24) is 4.90 Å². The summed E-state index contributed by atoms with van der Waals surface area (Å²) in [5, 5.41) is 11.5. The van der Waals surface area contributed by atoms with Crippen molar-refractivity contribution >= 4 is 62.2 Å². The molecule has 0 saturated carbocycles. The highest BCUT2D eigenvalue weighted by molar-refractivity contribution is 9.10. The van der Waals surface area contributed by atoms with Crippen molar-refractivity contribution < 1.29 is 28.7 Å². The molecular formula is C28H24BrN3O7S. The number of thioether (sulfide) groups is 1. The molecule has 1 aliphatic heterocycles. The number of carbonyl (C=O) groups excluding carboxylic acids is 2. The van der Waals surface area contributed by atoms with Gasteiger partial charge in [0.25, 0.3) is 11.6 Å². The van der Waals surface area contributed by atoms with Gasteiger partial charge in [-0.3, -0.25) is 19.8 Å². The highest BCUT2D eigenvalue weighted by Gasteiger charge is 2.30. The zero-order valence-corrected chi connectivity index (χ0v) is 24.2. The number of non-ortho nitro benzene ring substituents is 1. The Morgan fingerprint density at radius 2 is 1.93 bits per heavy atom. The van der Waals surface area contributed by atoms with Crippen LogP contribution in [0.5, 0.6) is 11.5 Å². The summed E-state index contributed by atoms with van der Waals surface area (Å²) in [6, 6.07) is 16.4. The molecule has 3 aromatic rings. The van der Waals surface area contributed by atoms with Gasteiger partial charge in [0.15, 0.2) is 16.7 Å². The van der Waals surface area contributed by atoms with E-state index in [2.05, 4.69) is 20.9 Å². The van der Waals surface area contributed by atoms with Crippen LogP contribution in [0.1, 0.15) is 28.4 Å². The van der Waals surface area contributed by atoms with E-state index >= 15 is 0 Å². The number of nitrogens with zero attached hydrogens (tertiary/aromatic N) is 3. The van der Waals surface area contributed by atoms with Crippen molar-refractivity contribution in [1.29, 1.82) is 0 Å². The number of esters is 1. The maximum absolute atomic E-state index is 12.9. The zero-order chi connectivity index (χ0) is 28.8. The molecule has 0 aromatic heterocycles. The molecule has 10 nitrogen and oxygen atoms in total. The second-order valence-electron chi connectivity index (χ2n) is 8.39. The number of amidine groups is 1. The third-order valence-electron chi connectivity index (χ3n) is 5.66. The van der Waals surface area contributed by atoms with Crippen molar-refractivity contribution in [3.8, 4) is 11.5 Å². The number of benzene rings is 3. The fourth-order valence-corrected chi connectivity index (χ4v) is 5.24. The summed E-state index contributed by atoms with van der Waals surface area (Å²) in [6.07, 6.45) is 1.73. The highest BCUT2D eigenvalue weighted by Crippen LogP contribution is 2.39. The van der Waals surface area contributed by atoms with Gasteiger partial charge in [-0.15, -0.1) is 0 Å². The largest absolute Gasteiger partial charge is 0.493 e. The summed E-state index contributed by atoms with van der Waals surface area (Å²) >= 11 is 4.73. The lowest BCUT2D eigenvalue weighted by atomic mass is 10.1. The molecule has 0 atom stereocenters. The number of hydrogen-bond acceptors (Lipinski definition) is 9. The lowest BCUT2D eigenvalue weighted by Crippen LogP contribution is -2.23. The van der Waals surface area contributed by atoms with Gasteiger partial charge in [0, 0.05) is 19.2 Å². The van der Waals surface area contributed by atoms with E-state index < -0.39 is 10.9 Å². The SMILES string of the molecule is CCOC(=O)c1ccc(N=C2SC(=Cc3cc(Br)c(OCc4cccc([N+](=O)[O-])c4)c(OC)c3)C(=O)N2C)cc1. The number of carbonyl (C=O) groups is 2. The van der Waals surface area contributed by atoms with Crippen LogP contribution in [-0.2, 0) is 16.1 Å². The van der Waals surface area contributed by atoms with Crippen LogP contribution in [0.4, 0.5) is 11.4 Å². The number of halogens is 1. The Morgan fingerprint density at radius 3 is 2.60 bits per heavy atom. The van der Waals surface area contributed by atoms with Crippen molar-refractivity contribution in [3.63, 3.8) is 0 Å². The zero-order valence-electron chi connectivity index (χ0n) is 21.8. The smallest absolute Gasteiger partial charge is 0.338 e. The van der Waals surface area contributed by atoms with E-state index in [-0.39, 0.29) is 18.2 Å². The summed E-state index contributed by atoms with van der Waals surface area (Å²) in [7, 11) is 3.14. The van der Waals surface area contributed by atoms with Crippen molar-refractivity contribution in [3.05, 3.63) is 96.8 Å². The van der Waals surface area contributed by atoms with Crippen LogP contribution in [0.3, 0.4) is 0 Å². The molecule has 1 heterocycles. The third-order valence-corrected chi connectivity index (χ3v) is 7.31. The normalized spacial score (nSPS) is 15.0. The molecule has 0 bridgehead atoms. The Balaban J connectivity index is 1.52. The number of hydrogen-bond donors (Lipinski definition) is 0. The van der Waals surface area contributed by atoms with E-state index in [1.54, 1.807) is 68.6 Å². The minimum Gasteiger partial charge on any atom is -0.493 e. The van der Waals surface area contributed by atoms with Gasteiger partial charge < -0.3 is 14.2 Å². The van der Waals surface area contributed by atoms with Crippen LogP contribution in [0.15, 0.2) is 75.0 Å². The first kappa shape index (κ1) is 28.8. The standard InChI is InChI=1S/C28H24BrN3O7S/c1-4-38-27(34)19-8-10-20(11-9-19)30-28-31(2)26(33)24(40-28)15-18-13-22(29)25(23(14-18)37-3)39-16-17-6-5-7-21(12-17)32(35)36/h5-15H,4,16H2,1-3H3. The minimum atomic E-state index is -0.458. The van der Waals surface area contributed by atoms with Gasteiger partial charge in [0.05, 0.1) is 39.3 Å². The van der Waals surface area contributed by atoms with Gasteiger partial charge in [-0.1, -0.05) is 12.1 Å². The molecular weight excluding hydrogens is 602 g/mol. The van der Waals surface area contributed by atoms with Gasteiger partial charge >= 0.3 is 5.97 Å². The Hall–Kier alpha value is -4.16. The second kappa shape index (κ2) is 12.8. The number of methoxy groups -OCH3 is 1. The molecule has 0 spiro atoms. The van der Waals surface area contributed by atoms with Crippen LogP contribution in [-0.4, -0.2) is 47.6 Å². The monoisotopic (exact) mass is 625 g/mol. The van der Waals surface area contributed by atoms with Crippen LogP contribution in [0.2, 0.25) is 0 Å². The molecule has 0 unspecified atom stereocenters. The van der Waals surface area contributed by atoms with Gasteiger partial charge in [-0.05, 0) is 88.2 Å². The number of rotatable bonds is 9. The Morgan fingerprint density at radius 1 is 1.18 bits per heavy atom. The summed E-state index contributed by atoms with van der Waals surface area (Å²) < 4.78 is 17.0. The fourth-order valence-electron chi connectivity index (χ4n) is 3.68. The first-order chi connectivity index (χ1) is 19.2. The maximum Gasteiger partial charge on any atom is 0.338 e. The predicted octanol–water partition coefficient (Wildman–Crippen LogP) is 6.36. The van der Waals surface area contributed by atoms with Crippen molar-refractivity contribution in [2.24, 2.45) is 4.99 Å². The topological polar surface area (TPSA) is 121 Å². The van der Waals surface area contributed by atoms with E-state index in [0.29, 0.717) is 55.0 Å². The number of nitro benzene ring substituents is 1. The summed E-state index contributed by atoms with van der Waals surface area (Å²) in [5.41, 5.74) is 2.32. The lowest BCUT2D eigenvalue weighted by Gasteiger charge is -2.14. The highest BCUT2D eigenvalue weighted by atomic mass is 79.9. The van der Waals surface area contributed by atoms with E-state index in [9.17, 15) is 19.7 Å². The number of amides is 1. The van der Waals surface area contributed by atoms with Gasteiger partial charge in [-0.2, -0.15) is 0 Å². The predicted molar refractivity (Wildman–Crippen MR) is 156 cm³/mol. The molecule has 4 rings (SSSR count). The Kier molecular flexibility index (Phi) is 9.22. The number of ether oxygens (including phenoxy) is 3. The average Bonchev–Trinajstić information content (AvgIpc) is 3.20. The Labute approximate surface area is 242 Å². The van der Waals surface area contributed by atoms with Gasteiger partial charge in [0.1, 0.15) is 6.61 Å². The quantitative estimate of drug-likeness (QED) is 0.117. The molecule has 206 valence electrons. The average molecular weight is 626 g/mol. The lowest BCUT2D eigenvalue weighted by molar-refractivity contribution is -0.384. The molecule has 1 amide bonds. The third kappa shape index (κ3) is 6.69. The van der Waals surface area contributed by atoms with Gasteiger partial charge in [-0.25, -0.2) is 9.79 Å². The minimum absolute atomic E-state index is 0.0191. The molecule has 0 N–H and O–H groups in total. The number of likely N-dealkylation sites (N-methyl/N-ethyl adjacent to an activating group) is 1. The molecule has 40 heavy (non-hydrogen) atoms. The summed E-state index contributed by atoms with van der Waals surface area (Å²) in [5.74, 6) is 0.225. The van der Waals surface area contributed by atoms with E-state index in [4.69, 9.17) is 14.2 Å². The summed E-state index contributed by atoms with van der Waals surface area (Å²) in [6.45, 7) is 2.13. The fraction of sp³-hybridized carbons (Fsp3) is 0.179. The van der Waals surface area contributed by atoms with E-state index in [1.807, 2.05) is 0 Å². The molecule has 1 saturated heterocycles. The van der Waals surface area contributed by atoms with Crippen LogP contribution >= 0.6 is 27.7 Å². The molecule has 1 fully saturated rings. The molecule has 12 heteroatoms. The Bertz CT molecular complexity index is 1520. The first-order valence-corrected chi connectivity index (χ1v) is 13.6. The van der Waals surface area contributed by atoms with E-state index in [1.165, 1.54) is 35.9 Å². The molecule has 0 aliphatic carbocycles. The van der Waals surface area contributed by atoms with Crippen molar-refractivity contribution in [2.75, 3.05) is 20.8 Å². The molecule has 0 radical (unpaired) electrons. The van der Waals surface area contributed by atoms with Crippen molar-refractivity contribution in [2.45, 2.75) is 13.5 Å². The van der Waals surface area contributed by atoms with Crippen LogP contribution < -0.4 is 9.47 Å². The first-order valence-electron chi connectivity index (χ1n) is 12.0. The molecule has 3 aromatic carbocycles.